The molecule has 0 bridgehead atoms. The molecule has 1 saturated carbocycles. The van der Waals surface area contributed by atoms with Crippen molar-refractivity contribution in [1.29, 1.82) is 0 Å². The lowest BCUT2D eigenvalue weighted by Gasteiger charge is -2.30. The van der Waals surface area contributed by atoms with Crippen LogP contribution in [0.15, 0.2) is 30.3 Å². The number of sulfone groups is 1. The first-order valence-electron chi connectivity index (χ1n) is 9.80. The first-order valence-corrected chi connectivity index (χ1v) is 13.3. The zero-order valence-corrected chi connectivity index (χ0v) is 18.3. The number of amides is 1. The Balaban J connectivity index is 1.96. The summed E-state index contributed by atoms with van der Waals surface area (Å²) in [6, 6.07) is 9.54. The molecule has 2 unspecified atom stereocenters. The molecule has 1 aliphatic rings. The number of carbonyl (C=O) groups is 1. The normalized spacial score (nSPS) is 17.8. The summed E-state index contributed by atoms with van der Waals surface area (Å²) in [7, 11) is -8.48. The highest BCUT2D eigenvalue weighted by Gasteiger charge is 2.41. The predicted octanol–water partition coefficient (Wildman–Crippen LogP) is 2.21. The molecule has 2 rings (SSSR count). The Morgan fingerprint density at radius 2 is 1.86 bits per heavy atom. The van der Waals surface area contributed by atoms with Gasteiger partial charge in [-0.05, 0) is 37.2 Å². The van der Waals surface area contributed by atoms with Gasteiger partial charge in [0.05, 0.1) is 11.4 Å². The van der Waals surface area contributed by atoms with E-state index in [9.17, 15) is 27.6 Å². The van der Waals surface area contributed by atoms with Gasteiger partial charge in [-0.25, -0.2) is 13.0 Å². The van der Waals surface area contributed by atoms with Gasteiger partial charge in [0.25, 0.3) is 0 Å². The molecule has 0 spiro atoms. The van der Waals surface area contributed by atoms with Gasteiger partial charge in [-0.1, -0.05) is 43.2 Å². The third-order valence-electron chi connectivity index (χ3n) is 5.23. The molecular formula is C19H30NO7PS. The molecule has 2 atom stereocenters. The second kappa shape index (κ2) is 10.7. The number of carbonyl (C=O) groups excluding carboxylic acids is 1. The van der Waals surface area contributed by atoms with Crippen LogP contribution in [0.25, 0.3) is 0 Å². The highest BCUT2D eigenvalue weighted by molar-refractivity contribution is 7.91. The minimum atomic E-state index is -4.88. The molecule has 3 N–H and O–H groups in total. The van der Waals surface area contributed by atoms with Gasteiger partial charge in [-0.15, -0.1) is 0 Å². The molecule has 29 heavy (non-hydrogen) atoms. The van der Waals surface area contributed by atoms with Crippen LogP contribution in [0.3, 0.4) is 0 Å². The van der Waals surface area contributed by atoms with E-state index in [4.69, 9.17) is 4.52 Å². The number of rotatable bonds is 11. The Labute approximate surface area is 172 Å². The Bertz CT molecular complexity index is 803. The van der Waals surface area contributed by atoms with Gasteiger partial charge >= 0.3 is 7.82 Å². The Hall–Kier alpha value is -1.25. The predicted molar refractivity (Wildman–Crippen MR) is 110 cm³/mol. The number of benzene rings is 1. The molecule has 0 aromatic heterocycles. The minimum absolute atomic E-state index is 0.0103. The molecule has 10 heteroatoms. The van der Waals surface area contributed by atoms with Crippen LogP contribution in [0.1, 0.15) is 44.1 Å². The van der Waals surface area contributed by atoms with Gasteiger partial charge < -0.3 is 15.1 Å². The Kier molecular flexibility index (Phi) is 8.85. The number of phosphoric acid groups is 1. The van der Waals surface area contributed by atoms with Crippen LogP contribution in [0.5, 0.6) is 0 Å². The van der Waals surface area contributed by atoms with Crippen LogP contribution in [-0.2, 0) is 30.1 Å². The van der Waals surface area contributed by atoms with E-state index in [1.807, 2.05) is 30.3 Å². The summed E-state index contributed by atoms with van der Waals surface area (Å²) in [4.78, 5) is 30.6. The van der Waals surface area contributed by atoms with Crippen molar-refractivity contribution in [3.63, 3.8) is 0 Å². The summed E-state index contributed by atoms with van der Waals surface area (Å²) in [5.41, 5.74) is 1.03. The van der Waals surface area contributed by atoms with E-state index in [0.717, 1.165) is 24.7 Å². The molecule has 1 aliphatic carbocycles. The number of hydrogen-bond acceptors (Lipinski definition) is 5. The molecule has 1 aromatic carbocycles. The molecular weight excluding hydrogens is 417 g/mol. The summed E-state index contributed by atoms with van der Waals surface area (Å²) in [6.45, 7) is 0.0804. The second-order valence-corrected chi connectivity index (χ2v) is 11.0. The maximum absolute atomic E-state index is 12.4. The third kappa shape index (κ3) is 8.56. The van der Waals surface area contributed by atoms with Crippen molar-refractivity contribution in [2.75, 3.05) is 12.8 Å². The summed E-state index contributed by atoms with van der Waals surface area (Å²) in [5.74, 6) is -0.407. The molecule has 0 aliphatic heterocycles. The van der Waals surface area contributed by atoms with E-state index >= 15 is 0 Å². The SMILES string of the molecule is CS(=O)(=O)C(C1CCCC1)C(CCNC(=O)CCc1ccccc1)OP(=O)(O)O. The molecule has 1 amide bonds. The second-order valence-electron chi connectivity index (χ2n) is 7.60. The molecule has 1 aromatic rings. The van der Waals surface area contributed by atoms with E-state index in [0.29, 0.717) is 19.3 Å². The molecule has 1 fully saturated rings. The summed E-state index contributed by atoms with van der Waals surface area (Å²) in [5, 5.41) is 1.70. The van der Waals surface area contributed by atoms with Crippen molar-refractivity contribution in [2.24, 2.45) is 5.92 Å². The lowest BCUT2D eigenvalue weighted by Crippen LogP contribution is -2.42. The summed E-state index contributed by atoms with van der Waals surface area (Å²) in [6.07, 6.45) is 3.88. The fourth-order valence-corrected chi connectivity index (χ4v) is 6.40. The van der Waals surface area contributed by atoms with Gasteiger partial charge in [0.1, 0.15) is 0 Å². The standard InChI is InChI=1S/C19H30NO7PS/c1-29(25,26)19(16-9-5-6-10-16)17(27-28(22,23)24)13-14-20-18(21)12-11-15-7-3-2-4-8-15/h2-4,7-8,16-17,19H,5-6,9-14H2,1H3,(H,20,21)(H2,22,23,24). The van der Waals surface area contributed by atoms with E-state index in [-0.39, 0.29) is 31.2 Å². The number of nitrogens with one attached hydrogen (secondary N) is 1. The molecule has 0 radical (unpaired) electrons. The van der Waals surface area contributed by atoms with E-state index in [1.165, 1.54) is 0 Å². The third-order valence-corrected chi connectivity index (χ3v) is 7.46. The van der Waals surface area contributed by atoms with Crippen LogP contribution in [0, 0.1) is 5.92 Å². The first kappa shape index (κ1) is 24.0. The van der Waals surface area contributed by atoms with Crippen LogP contribution >= 0.6 is 7.82 Å². The van der Waals surface area contributed by atoms with E-state index < -0.39 is 29.0 Å². The zero-order chi connectivity index (χ0) is 21.5. The molecule has 0 heterocycles. The number of phosphoric ester groups is 1. The average molecular weight is 447 g/mol. The summed E-state index contributed by atoms with van der Waals surface area (Å²) < 4.78 is 41.1. The maximum Gasteiger partial charge on any atom is 0.469 e. The van der Waals surface area contributed by atoms with Crippen molar-refractivity contribution in [3.8, 4) is 0 Å². The fourth-order valence-electron chi connectivity index (χ4n) is 4.01. The Morgan fingerprint density at radius 3 is 2.41 bits per heavy atom. The summed E-state index contributed by atoms with van der Waals surface area (Å²) >= 11 is 0. The molecule has 0 saturated heterocycles. The fraction of sp³-hybridized carbons (Fsp3) is 0.632. The van der Waals surface area contributed by atoms with Crippen LogP contribution in [0.2, 0.25) is 0 Å². The van der Waals surface area contributed by atoms with Gasteiger partial charge in [-0.2, -0.15) is 0 Å². The van der Waals surface area contributed by atoms with Crippen molar-refractivity contribution < 1.29 is 32.1 Å². The lowest BCUT2D eigenvalue weighted by atomic mass is 9.97. The minimum Gasteiger partial charge on any atom is -0.356 e. The van der Waals surface area contributed by atoms with Gasteiger partial charge in [0.2, 0.25) is 5.91 Å². The Morgan fingerprint density at radius 1 is 1.24 bits per heavy atom. The van der Waals surface area contributed by atoms with Gasteiger partial charge in [0, 0.05) is 19.2 Å². The topological polar surface area (TPSA) is 130 Å². The molecule has 164 valence electrons. The largest absolute Gasteiger partial charge is 0.469 e. The van der Waals surface area contributed by atoms with E-state index in [2.05, 4.69) is 5.32 Å². The van der Waals surface area contributed by atoms with Crippen molar-refractivity contribution >= 4 is 23.6 Å². The van der Waals surface area contributed by atoms with Crippen LogP contribution < -0.4 is 5.32 Å². The first-order chi connectivity index (χ1) is 13.6. The number of aryl methyl sites for hydroxylation is 1. The lowest BCUT2D eigenvalue weighted by molar-refractivity contribution is -0.121. The van der Waals surface area contributed by atoms with Gasteiger partial charge in [0.15, 0.2) is 9.84 Å². The smallest absolute Gasteiger partial charge is 0.356 e. The average Bonchev–Trinajstić information content (AvgIpc) is 3.12. The van der Waals surface area contributed by atoms with Crippen LogP contribution in [-0.4, -0.2) is 48.3 Å². The monoisotopic (exact) mass is 447 g/mol. The quantitative estimate of drug-likeness (QED) is 0.443. The highest BCUT2D eigenvalue weighted by atomic mass is 32.2. The van der Waals surface area contributed by atoms with Crippen molar-refractivity contribution in [2.45, 2.75) is 56.3 Å². The maximum atomic E-state index is 12.4. The number of hydrogen-bond donors (Lipinski definition) is 3. The van der Waals surface area contributed by atoms with Gasteiger partial charge in [-0.3, -0.25) is 9.32 Å². The zero-order valence-electron chi connectivity index (χ0n) is 16.6. The van der Waals surface area contributed by atoms with Crippen molar-refractivity contribution in [3.05, 3.63) is 35.9 Å². The van der Waals surface area contributed by atoms with Crippen molar-refractivity contribution in [1.82, 2.24) is 5.32 Å². The molecule has 8 nitrogen and oxygen atoms in total. The highest BCUT2D eigenvalue weighted by Crippen LogP contribution is 2.43. The van der Waals surface area contributed by atoms with Crippen LogP contribution in [0.4, 0.5) is 0 Å². The van der Waals surface area contributed by atoms with E-state index in [1.54, 1.807) is 0 Å².